The van der Waals surface area contributed by atoms with E-state index >= 15 is 0 Å². The van der Waals surface area contributed by atoms with Gasteiger partial charge in [-0.05, 0) is 18.9 Å². The van der Waals surface area contributed by atoms with Crippen LogP contribution >= 0.6 is 19.5 Å². The Labute approximate surface area is 247 Å². The summed E-state index contributed by atoms with van der Waals surface area (Å²) in [7, 11) is -3.98. The number of carbonyl (C=O) groups is 1. The van der Waals surface area contributed by atoms with Crippen LogP contribution in [0.1, 0.15) is 45.9 Å². The standard InChI is InChI=1S/C26H37N6O8PS/c1-5-25(2,3)21(34)42-14-13-38-41(37,28-15-17-9-7-6-8-10-17)39-16-18-19(33)26(4,36)20(40-18)31-11-12-32-23(31)29-22(27)30-24(32)35/h6-12,18-20,33,36H,5,13-16H2,1-4H3,(H,28,37)(H2,27,30,35)/t18-,19?,20-,26+,41?/m1/s1. The molecule has 0 saturated carbocycles. The van der Waals surface area contributed by atoms with E-state index in [9.17, 15) is 24.4 Å². The van der Waals surface area contributed by atoms with E-state index in [2.05, 4.69) is 15.1 Å². The Bertz CT molecular complexity index is 1500. The molecule has 4 rings (SSSR count). The van der Waals surface area contributed by atoms with Gasteiger partial charge >= 0.3 is 13.4 Å². The van der Waals surface area contributed by atoms with Gasteiger partial charge in [-0.15, -0.1) is 0 Å². The van der Waals surface area contributed by atoms with Gasteiger partial charge in [0.05, 0.1) is 13.2 Å². The first-order chi connectivity index (χ1) is 19.8. The van der Waals surface area contributed by atoms with Crippen molar-refractivity contribution in [1.29, 1.82) is 0 Å². The molecular formula is C26H37N6O8PS. The summed E-state index contributed by atoms with van der Waals surface area (Å²) in [5.74, 6) is 0.0367. The van der Waals surface area contributed by atoms with Crippen molar-refractivity contribution < 1.29 is 33.4 Å². The SMILES string of the molecule is CCC(C)(C)C(=O)SCCOP(=O)(NCc1ccccc1)OC[C@H]1O[C@@H](n2ccn3c(=O)nc(N)nc23)[C@@](C)(O)C1O. The number of nitrogens with zero attached hydrogens (tertiary/aromatic N) is 4. The van der Waals surface area contributed by atoms with Gasteiger partial charge in [0.2, 0.25) is 11.7 Å². The first-order valence-electron chi connectivity index (χ1n) is 13.4. The lowest BCUT2D eigenvalue weighted by Crippen LogP contribution is -2.44. The third-order valence-corrected chi connectivity index (χ3v) is 9.95. The predicted molar refractivity (Wildman–Crippen MR) is 157 cm³/mol. The van der Waals surface area contributed by atoms with Gasteiger partial charge in [-0.2, -0.15) is 9.97 Å². The first kappa shape index (κ1) is 32.3. The number of hydrogen-bond donors (Lipinski definition) is 4. The molecule has 1 fully saturated rings. The molecule has 14 nitrogen and oxygen atoms in total. The molecular weight excluding hydrogens is 587 g/mol. The minimum absolute atomic E-state index is 0.00386. The monoisotopic (exact) mass is 624 g/mol. The zero-order valence-corrected chi connectivity index (χ0v) is 25.6. The molecule has 3 heterocycles. The van der Waals surface area contributed by atoms with Crippen LogP contribution in [0.4, 0.5) is 5.95 Å². The summed E-state index contributed by atoms with van der Waals surface area (Å²) < 4.78 is 33.5. The van der Waals surface area contributed by atoms with Gasteiger partial charge in [-0.1, -0.05) is 62.9 Å². The van der Waals surface area contributed by atoms with E-state index in [0.29, 0.717) is 6.42 Å². The molecule has 2 aromatic heterocycles. The van der Waals surface area contributed by atoms with E-state index in [4.69, 9.17) is 19.5 Å². The molecule has 3 aromatic rings. The van der Waals surface area contributed by atoms with Crippen molar-refractivity contribution in [3.05, 3.63) is 58.8 Å². The molecule has 1 aliphatic rings. The number of carbonyl (C=O) groups excluding carboxylic acids is 1. The molecule has 0 amide bonds. The molecule has 0 spiro atoms. The highest BCUT2D eigenvalue weighted by molar-refractivity contribution is 8.13. The van der Waals surface area contributed by atoms with Crippen molar-refractivity contribution in [3.8, 4) is 0 Å². The van der Waals surface area contributed by atoms with E-state index in [1.54, 1.807) is 0 Å². The molecule has 1 saturated heterocycles. The van der Waals surface area contributed by atoms with E-state index in [1.165, 1.54) is 23.9 Å². The number of nitrogens with two attached hydrogens (primary N) is 1. The minimum atomic E-state index is -3.98. The Kier molecular flexibility index (Phi) is 9.95. The first-order valence-corrected chi connectivity index (χ1v) is 15.9. The van der Waals surface area contributed by atoms with Crippen molar-refractivity contribution in [1.82, 2.24) is 24.0 Å². The Morgan fingerprint density at radius 2 is 1.98 bits per heavy atom. The molecule has 230 valence electrons. The number of nitrogens with one attached hydrogen (secondary N) is 1. The number of imidazole rings is 1. The van der Waals surface area contributed by atoms with Gasteiger partial charge in [0.15, 0.2) is 11.3 Å². The second kappa shape index (κ2) is 12.9. The number of aromatic nitrogens is 4. The van der Waals surface area contributed by atoms with Gasteiger partial charge in [0.1, 0.15) is 17.8 Å². The average molecular weight is 625 g/mol. The molecule has 42 heavy (non-hydrogen) atoms. The Morgan fingerprint density at radius 1 is 1.26 bits per heavy atom. The highest BCUT2D eigenvalue weighted by Crippen LogP contribution is 2.46. The Morgan fingerprint density at radius 3 is 2.67 bits per heavy atom. The number of hydrogen-bond acceptors (Lipinski definition) is 12. The summed E-state index contributed by atoms with van der Waals surface area (Å²) in [6, 6.07) is 9.21. The number of fused-ring (bicyclic) bond motifs is 1. The molecule has 5 N–H and O–H groups in total. The summed E-state index contributed by atoms with van der Waals surface area (Å²) in [6.45, 7) is 6.72. The summed E-state index contributed by atoms with van der Waals surface area (Å²) in [5, 5.41) is 25.0. The van der Waals surface area contributed by atoms with Crippen LogP contribution in [-0.2, 0) is 29.7 Å². The second-order valence-electron chi connectivity index (χ2n) is 10.8. The van der Waals surface area contributed by atoms with Crippen LogP contribution in [0.2, 0.25) is 0 Å². The van der Waals surface area contributed by atoms with Crippen molar-refractivity contribution >= 4 is 36.3 Å². The summed E-state index contributed by atoms with van der Waals surface area (Å²) in [5.41, 5.74) is 3.44. The normalized spacial score (nSPS) is 24.2. The summed E-state index contributed by atoms with van der Waals surface area (Å²) >= 11 is 1.10. The maximum absolute atomic E-state index is 13.7. The lowest BCUT2D eigenvalue weighted by Gasteiger charge is -2.27. The fourth-order valence-corrected chi connectivity index (χ4v) is 6.53. The zero-order valence-electron chi connectivity index (χ0n) is 23.9. The molecule has 5 atom stereocenters. The van der Waals surface area contributed by atoms with Crippen molar-refractivity contribution in [2.45, 2.75) is 64.7 Å². The zero-order chi connectivity index (χ0) is 30.7. The van der Waals surface area contributed by atoms with Crippen LogP contribution in [0, 0.1) is 5.41 Å². The molecule has 0 bridgehead atoms. The van der Waals surface area contributed by atoms with E-state index in [-0.39, 0.29) is 35.7 Å². The maximum atomic E-state index is 13.7. The van der Waals surface area contributed by atoms with Gasteiger partial charge in [-0.25, -0.2) is 18.8 Å². The third-order valence-electron chi connectivity index (χ3n) is 7.20. The molecule has 1 aromatic carbocycles. The number of rotatable bonds is 13. The van der Waals surface area contributed by atoms with E-state index in [1.807, 2.05) is 51.1 Å². The van der Waals surface area contributed by atoms with Crippen LogP contribution in [0.5, 0.6) is 0 Å². The average Bonchev–Trinajstić information content (AvgIpc) is 3.47. The van der Waals surface area contributed by atoms with E-state index in [0.717, 1.165) is 21.7 Å². The molecule has 0 aliphatic carbocycles. The fraction of sp³-hybridized carbons (Fsp3) is 0.538. The summed E-state index contributed by atoms with van der Waals surface area (Å²) in [6.07, 6.45) is -0.329. The highest BCUT2D eigenvalue weighted by Gasteiger charge is 2.54. The Balaban J connectivity index is 1.46. The number of ether oxygens (including phenoxy) is 1. The second-order valence-corrected chi connectivity index (χ2v) is 13.7. The topological polar surface area (TPSA) is 193 Å². The number of thioether (sulfide) groups is 1. The van der Waals surface area contributed by atoms with E-state index < -0.39 is 49.5 Å². The number of anilines is 1. The number of nitrogen functional groups attached to an aromatic ring is 1. The van der Waals surface area contributed by atoms with Crippen molar-refractivity contribution in [2.75, 3.05) is 24.7 Å². The number of aliphatic hydroxyl groups is 2. The predicted octanol–water partition coefficient (Wildman–Crippen LogP) is 2.11. The van der Waals surface area contributed by atoms with Gasteiger partial charge in [-0.3, -0.25) is 18.4 Å². The van der Waals surface area contributed by atoms with Crippen molar-refractivity contribution in [2.24, 2.45) is 5.41 Å². The molecule has 2 unspecified atom stereocenters. The fourth-order valence-electron chi connectivity index (χ4n) is 4.21. The van der Waals surface area contributed by atoms with Gasteiger partial charge in [0, 0.05) is 30.1 Å². The van der Waals surface area contributed by atoms with Crippen LogP contribution in [0.15, 0.2) is 47.5 Å². The van der Waals surface area contributed by atoms with Gasteiger partial charge in [0.25, 0.3) is 0 Å². The number of aliphatic hydroxyl groups excluding tert-OH is 1. The van der Waals surface area contributed by atoms with Crippen molar-refractivity contribution in [3.63, 3.8) is 0 Å². The van der Waals surface area contributed by atoms with Crippen LogP contribution < -0.4 is 16.5 Å². The van der Waals surface area contributed by atoms with Crippen LogP contribution in [0.25, 0.3) is 5.78 Å². The highest BCUT2D eigenvalue weighted by atomic mass is 32.2. The lowest BCUT2D eigenvalue weighted by atomic mass is 9.92. The van der Waals surface area contributed by atoms with Gasteiger partial charge < -0.3 is 20.7 Å². The summed E-state index contributed by atoms with van der Waals surface area (Å²) in [4.78, 5) is 32.3. The largest absolute Gasteiger partial charge is 0.405 e. The molecule has 16 heteroatoms. The smallest absolute Gasteiger partial charge is 0.387 e. The van der Waals surface area contributed by atoms with Crippen LogP contribution in [0.3, 0.4) is 0 Å². The van der Waals surface area contributed by atoms with Crippen LogP contribution in [-0.4, -0.2) is 71.0 Å². The molecule has 0 radical (unpaired) electrons. The third kappa shape index (κ3) is 7.12. The Hall–Kier alpha value is -2.62. The molecule has 1 aliphatic heterocycles. The maximum Gasteiger partial charge on any atom is 0.405 e. The minimum Gasteiger partial charge on any atom is -0.387 e. The quantitative estimate of drug-likeness (QED) is 0.160. The lowest BCUT2D eigenvalue weighted by molar-refractivity contribution is -0.118. The number of benzene rings is 1.